The minimum Gasteiger partial charge on any atom is -0.457 e. The number of benzene rings is 8. The van der Waals surface area contributed by atoms with Gasteiger partial charge >= 0.3 is 0 Å². The molecule has 0 saturated heterocycles. The smallest absolute Gasteiger partial charge is 0.137 e. The number of hydrogen-bond acceptors (Lipinski definition) is 5. The van der Waals surface area contributed by atoms with Crippen molar-refractivity contribution < 1.29 is 13.5 Å². The van der Waals surface area contributed by atoms with Crippen molar-refractivity contribution in [3.05, 3.63) is 204 Å². The Morgan fingerprint density at radius 2 is 1.27 bits per heavy atom. The van der Waals surface area contributed by atoms with Gasteiger partial charge in [-0.05, 0) is 136 Å². The van der Waals surface area contributed by atoms with Gasteiger partial charge in [0.15, 0.2) is 0 Å². The van der Waals surface area contributed by atoms with Crippen LogP contribution in [0.1, 0.15) is 76.0 Å². The minimum atomic E-state index is -0.589. The minimum absolute atomic E-state index is 0.0931. The number of para-hydroxylation sites is 1. The van der Waals surface area contributed by atoms with E-state index in [9.17, 15) is 4.39 Å². The van der Waals surface area contributed by atoms with E-state index < -0.39 is 11.6 Å². The summed E-state index contributed by atoms with van der Waals surface area (Å²) in [5, 5.41) is 4.75. The summed E-state index contributed by atoms with van der Waals surface area (Å²) in [5.41, 5.74) is 13.1. The molecule has 0 bridgehead atoms. The predicted molar refractivity (Wildman–Crippen MR) is 293 cm³/mol. The second-order valence-electron chi connectivity index (χ2n) is 19.7. The number of anilines is 4. The molecule has 0 fully saturated rings. The Morgan fingerprint density at radius 3 is 2.03 bits per heavy atom. The largest absolute Gasteiger partial charge is 0.457 e. The fourth-order valence-electron chi connectivity index (χ4n) is 10.6. The third kappa shape index (κ3) is 7.69. The van der Waals surface area contributed by atoms with E-state index in [4.69, 9.17) is 9.72 Å². The maximum atomic E-state index is 15.6. The van der Waals surface area contributed by atoms with Crippen LogP contribution in [0.4, 0.5) is 31.5 Å². The first kappa shape index (κ1) is 44.4. The van der Waals surface area contributed by atoms with Gasteiger partial charge in [-0.3, -0.25) is 4.57 Å². The highest BCUT2D eigenvalue weighted by atomic mass is 32.1. The Bertz CT molecular complexity index is 3840. The molecule has 0 spiro atoms. The Labute approximate surface area is 416 Å². The van der Waals surface area contributed by atoms with E-state index in [1.165, 1.54) is 31.8 Å². The number of pyridine rings is 1. The summed E-state index contributed by atoms with van der Waals surface area (Å²) in [6, 6.07) is 57.7. The van der Waals surface area contributed by atoms with Gasteiger partial charge in [-0.2, -0.15) is 0 Å². The van der Waals surface area contributed by atoms with Crippen LogP contribution in [-0.2, 0) is 0 Å². The van der Waals surface area contributed by atoms with E-state index in [1.807, 2.05) is 35.7 Å². The first-order valence-electron chi connectivity index (χ1n) is 24.5. The van der Waals surface area contributed by atoms with Gasteiger partial charge in [-0.1, -0.05) is 108 Å². The highest BCUT2D eigenvalue weighted by Crippen LogP contribution is 2.52. The topological polar surface area (TPSA) is 33.5 Å². The van der Waals surface area contributed by atoms with Crippen LogP contribution in [0.2, 0.25) is 0 Å². The van der Waals surface area contributed by atoms with Crippen LogP contribution < -0.4 is 14.5 Å². The van der Waals surface area contributed by atoms with E-state index in [-0.39, 0.29) is 11.8 Å². The zero-order chi connectivity index (χ0) is 48.7. The SMILES string of the molecule is CC(C)c1ccc2c(c1)N(c1c(C(C)C)cc(-c3ccc(F)cc3F)cc1C(C)C)CN2c1cc(Oc2ccc3c4ccccc4n(-c4ccccn4)c3c2)cc(-c2cccc3c2sc2ccccc23)c1. The lowest BCUT2D eigenvalue weighted by atomic mass is 9.87. The molecule has 0 radical (unpaired) electrons. The van der Waals surface area contributed by atoms with Crippen LogP contribution in [0.5, 0.6) is 11.5 Å². The number of ether oxygens (including phenoxy) is 1. The molecule has 8 aromatic carbocycles. The average Bonchev–Trinajstić information content (AvgIpc) is 4.06. The van der Waals surface area contributed by atoms with Gasteiger partial charge in [0.2, 0.25) is 0 Å². The summed E-state index contributed by atoms with van der Waals surface area (Å²) in [5.74, 6) is 1.60. The van der Waals surface area contributed by atoms with Crippen molar-refractivity contribution in [2.45, 2.75) is 59.3 Å². The highest BCUT2D eigenvalue weighted by Gasteiger charge is 2.34. The van der Waals surface area contributed by atoms with Gasteiger partial charge in [-0.25, -0.2) is 13.8 Å². The van der Waals surface area contributed by atoms with Gasteiger partial charge in [0.25, 0.3) is 0 Å². The van der Waals surface area contributed by atoms with Crippen molar-refractivity contribution in [2.75, 3.05) is 16.5 Å². The van der Waals surface area contributed by atoms with Gasteiger partial charge in [0, 0.05) is 72.3 Å². The molecule has 11 aromatic rings. The number of halogens is 2. The molecule has 0 unspecified atom stereocenters. The normalized spacial score (nSPS) is 12.8. The molecular weight excluding hydrogens is 899 g/mol. The molecule has 3 aromatic heterocycles. The zero-order valence-electron chi connectivity index (χ0n) is 40.5. The summed E-state index contributed by atoms with van der Waals surface area (Å²) in [6.07, 6.45) is 1.83. The Balaban J connectivity index is 1.04. The van der Waals surface area contributed by atoms with E-state index >= 15 is 4.39 Å². The lowest BCUT2D eigenvalue weighted by molar-refractivity contribution is 0.483. The molecule has 0 amide bonds. The Kier molecular flexibility index (Phi) is 11.0. The second-order valence-corrected chi connectivity index (χ2v) is 20.7. The first-order valence-corrected chi connectivity index (χ1v) is 25.3. The van der Waals surface area contributed by atoms with Crippen molar-refractivity contribution in [1.82, 2.24) is 9.55 Å². The molecule has 12 rings (SSSR count). The maximum absolute atomic E-state index is 15.6. The van der Waals surface area contributed by atoms with Crippen LogP contribution in [0.25, 0.3) is 70.0 Å². The van der Waals surface area contributed by atoms with Crippen LogP contribution in [0, 0.1) is 11.6 Å². The third-order valence-electron chi connectivity index (χ3n) is 14.1. The van der Waals surface area contributed by atoms with Crippen molar-refractivity contribution in [2.24, 2.45) is 0 Å². The number of thiophene rings is 1. The number of fused-ring (bicyclic) bond motifs is 7. The first-order chi connectivity index (χ1) is 34.5. The van der Waals surface area contributed by atoms with E-state index in [0.717, 1.165) is 84.3 Å². The number of rotatable bonds is 10. The fraction of sp³-hybridized carbons (Fsp3) is 0.159. The van der Waals surface area contributed by atoms with E-state index in [0.29, 0.717) is 29.6 Å². The summed E-state index contributed by atoms with van der Waals surface area (Å²) in [6.45, 7) is 13.8. The molecule has 1 aliphatic heterocycles. The summed E-state index contributed by atoms with van der Waals surface area (Å²) >= 11 is 1.82. The molecular formula is C63H52F2N4OS. The van der Waals surface area contributed by atoms with Gasteiger partial charge in [0.05, 0.1) is 22.4 Å². The fourth-order valence-corrected chi connectivity index (χ4v) is 11.8. The average molecular weight is 951 g/mol. The van der Waals surface area contributed by atoms with Gasteiger partial charge < -0.3 is 14.5 Å². The molecule has 0 saturated carbocycles. The quantitative estimate of drug-likeness (QED) is 0.137. The molecule has 0 atom stereocenters. The Morgan fingerprint density at radius 1 is 0.535 bits per heavy atom. The molecule has 1 aliphatic rings. The van der Waals surface area contributed by atoms with Crippen LogP contribution in [-0.4, -0.2) is 16.2 Å². The highest BCUT2D eigenvalue weighted by molar-refractivity contribution is 7.26. The van der Waals surface area contributed by atoms with Crippen molar-refractivity contribution in [3.8, 4) is 39.6 Å². The van der Waals surface area contributed by atoms with Crippen molar-refractivity contribution >= 4 is 76.1 Å². The predicted octanol–water partition coefficient (Wildman–Crippen LogP) is 18.6. The molecule has 0 aliphatic carbocycles. The molecule has 0 N–H and O–H groups in total. The molecule has 5 nitrogen and oxygen atoms in total. The lowest BCUT2D eigenvalue weighted by Crippen LogP contribution is -2.26. The lowest BCUT2D eigenvalue weighted by Gasteiger charge is -2.30. The van der Waals surface area contributed by atoms with Gasteiger partial charge in [-0.15, -0.1) is 11.3 Å². The number of aromatic nitrogens is 2. The second kappa shape index (κ2) is 17.5. The summed E-state index contributed by atoms with van der Waals surface area (Å²) in [7, 11) is 0. The maximum Gasteiger partial charge on any atom is 0.137 e. The monoisotopic (exact) mass is 950 g/mol. The van der Waals surface area contributed by atoms with Crippen LogP contribution >= 0.6 is 11.3 Å². The van der Waals surface area contributed by atoms with Crippen LogP contribution in [0.3, 0.4) is 0 Å². The van der Waals surface area contributed by atoms with Crippen LogP contribution in [0.15, 0.2) is 176 Å². The summed E-state index contributed by atoms with van der Waals surface area (Å²) in [4.78, 5) is 9.65. The molecule has 350 valence electrons. The van der Waals surface area contributed by atoms with E-state index in [2.05, 4.69) is 189 Å². The van der Waals surface area contributed by atoms with E-state index in [1.54, 1.807) is 6.07 Å². The number of nitrogens with zero attached hydrogens (tertiary/aromatic N) is 4. The van der Waals surface area contributed by atoms with Crippen molar-refractivity contribution in [3.63, 3.8) is 0 Å². The third-order valence-corrected chi connectivity index (χ3v) is 15.4. The number of hydrogen-bond donors (Lipinski definition) is 0. The Hall–Kier alpha value is -7.81. The van der Waals surface area contributed by atoms with Crippen molar-refractivity contribution in [1.29, 1.82) is 0 Å². The summed E-state index contributed by atoms with van der Waals surface area (Å²) < 4.78 is 41.6. The molecule has 71 heavy (non-hydrogen) atoms. The van der Waals surface area contributed by atoms with Gasteiger partial charge in [0.1, 0.15) is 35.6 Å². The molecule has 8 heteroatoms. The zero-order valence-corrected chi connectivity index (χ0v) is 41.4. The molecule has 4 heterocycles. The standard InChI is InChI=1S/C63H52F2N4OS/c1-37(2)40-21-26-57-59(32-40)68(62-53(38(3)4)30-42(31-54(62)39(5)6)47-24-22-43(64)33-55(47)65)36-67(57)44-28-41(48-16-13-17-52-51-15-8-10-19-60(51)71-63(48)52)29-46(34-44)70-45-23-25-50-49-14-7-9-18-56(49)69(58(50)35-45)61-20-11-12-27-66-61/h7-35,37-39H,36H2,1-6H3.